The van der Waals surface area contributed by atoms with Gasteiger partial charge in [-0.25, -0.2) is 0 Å². The summed E-state index contributed by atoms with van der Waals surface area (Å²) < 4.78 is 4.59. The molecule has 0 saturated carbocycles. The van der Waals surface area contributed by atoms with E-state index in [0.717, 1.165) is 6.29 Å². The van der Waals surface area contributed by atoms with E-state index >= 15 is 0 Å². The van der Waals surface area contributed by atoms with E-state index in [-0.39, 0.29) is 0 Å². The van der Waals surface area contributed by atoms with Crippen molar-refractivity contribution in [2.75, 3.05) is 0 Å². The highest BCUT2D eigenvalue weighted by Gasteiger charge is 1.91. The summed E-state index contributed by atoms with van der Waals surface area (Å²) in [5.41, 5.74) is 0.589. The van der Waals surface area contributed by atoms with Crippen LogP contribution in [0.3, 0.4) is 0 Å². The lowest BCUT2D eigenvalue weighted by Crippen LogP contribution is -1.79. The first-order valence-corrected chi connectivity index (χ1v) is 3.10. The molecule has 3 heteroatoms. The fraction of sp³-hybridized carbons (Fsp3) is 0. The molecule has 0 atom stereocenters. The second-order valence-corrected chi connectivity index (χ2v) is 1.96. The topological polar surface area (TPSA) is 26.3 Å². The molecule has 52 valence electrons. The molecule has 0 unspecified atom stereocenters. The molecule has 1 aromatic carbocycles. The van der Waals surface area contributed by atoms with Gasteiger partial charge in [0.1, 0.15) is 12.0 Å². The molecule has 2 nitrogen and oxygen atoms in total. The van der Waals surface area contributed by atoms with E-state index in [1.54, 1.807) is 24.3 Å². The summed E-state index contributed by atoms with van der Waals surface area (Å²) in [5, 5.41) is 0. The second-order valence-electron chi connectivity index (χ2n) is 1.78. The lowest BCUT2D eigenvalue weighted by molar-refractivity contribution is 0.112. The van der Waals surface area contributed by atoms with Crippen LogP contribution in [0, 0.1) is 0 Å². The highest BCUT2D eigenvalue weighted by molar-refractivity contribution is 7.75. The van der Waals surface area contributed by atoms with Crippen molar-refractivity contribution in [3.63, 3.8) is 0 Å². The second kappa shape index (κ2) is 3.27. The van der Waals surface area contributed by atoms with Gasteiger partial charge in [-0.2, -0.15) is 0 Å². The van der Waals surface area contributed by atoms with Crippen molar-refractivity contribution < 1.29 is 8.98 Å². The van der Waals surface area contributed by atoms with E-state index in [9.17, 15) is 4.79 Å². The van der Waals surface area contributed by atoms with Gasteiger partial charge < -0.3 is 4.18 Å². The molecule has 0 N–H and O–H groups in total. The van der Waals surface area contributed by atoms with Crippen LogP contribution in [0.5, 0.6) is 5.75 Å². The Bertz CT molecular complexity index is 235. The zero-order chi connectivity index (χ0) is 7.40. The van der Waals surface area contributed by atoms with Crippen LogP contribution in [0.2, 0.25) is 0 Å². The van der Waals surface area contributed by atoms with E-state index < -0.39 is 0 Å². The average Bonchev–Trinajstić information content (AvgIpc) is 2.05. The molecule has 0 saturated heterocycles. The van der Waals surface area contributed by atoms with Gasteiger partial charge in [-0.05, 0) is 12.1 Å². The predicted octanol–water partition coefficient (Wildman–Crippen LogP) is 1.72. The Kier molecular flexibility index (Phi) is 2.34. The summed E-state index contributed by atoms with van der Waals surface area (Å²) >= 11 is 3.58. The van der Waals surface area contributed by atoms with Gasteiger partial charge in [0.15, 0.2) is 0 Å². The maximum Gasteiger partial charge on any atom is 0.150 e. The summed E-state index contributed by atoms with van der Waals surface area (Å²) in [6.45, 7) is 0. The molecule has 10 heavy (non-hydrogen) atoms. The van der Waals surface area contributed by atoms with E-state index in [1.165, 1.54) is 0 Å². The molecule has 0 amide bonds. The van der Waals surface area contributed by atoms with Crippen LogP contribution >= 0.6 is 12.9 Å². The molecule has 1 rings (SSSR count). The van der Waals surface area contributed by atoms with Gasteiger partial charge in [0.05, 0.1) is 0 Å². The van der Waals surface area contributed by atoms with Crippen LogP contribution in [0.1, 0.15) is 10.4 Å². The molecule has 0 aromatic heterocycles. The lowest BCUT2D eigenvalue weighted by Gasteiger charge is -1.95. The maximum atomic E-state index is 10.2. The summed E-state index contributed by atoms with van der Waals surface area (Å²) in [4.78, 5) is 10.2. The molecule has 0 aliphatic heterocycles. The molecule has 0 heterocycles. The van der Waals surface area contributed by atoms with Gasteiger partial charge in [-0.3, -0.25) is 4.79 Å². The SMILES string of the molecule is O=Cc1cccc(OS)c1. The highest BCUT2D eigenvalue weighted by Crippen LogP contribution is 2.12. The molecule has 0 aliphatic carbocycles. The molecule has 0 fully saturated rings. The molecular weight excluding hydrogens is 148 g/mol. The van der Waals surface area contributed by atoms with Crippen LogP contribution in [-0.4, -0.2) is 6.29 Å². The number of carbonyl (C=O) groups excluding carboxylic acids is 1. The Hall–Kier alpha value is -0.960. The molecule has 1 aromatic rings. The van der Waals surface area contributed by atoms with Gasteiger partial charge in [0.25, 0.3) is 0 Å². The van der Waals surface area contributed by atoms with Crippen molar-refractivity contribution in [2.45, 2.75) is 0 Å². The Morgan fingerprint density at radius 3 is 2.90 bits per heavy atom. The minimum atomic E-state index is 0.577. The Labute approximate surface area is 64.4 Å². The van der Waals surface area contributed by atoms with Gasteiger partial charge in [0.2, 0.25) is 0 Å². The predicted molar refractivity (Wildman–Crippen MR) is 41.4 cm³/mol. The summed E-state index contributed by atoms with van der Waals surface area (Å²) in [6.07, 6.45) is 0.760. The zero-order valence-corrected chi connectivity index (χ0v) is 6.04. The smallest absolute Gasteiger partial charge is 0.150 e. The monoisotopic (exact) mass is 154 g/mol. The third-order valence-electron chi connectivity index (χ3n) is 1.10. The molecule has 0 radical (unpaired) electrons. The Morgan fingerprint density at radius 2 is 2.30 bits per heavy atom. The van der Waals surface area contributed by atoms with E-state index in [0.29, 0.717) is 11.3 Å². The van der Waals surface area contributed by atoms with Crippen LogP contribution in [0.15, 0.2) is 24.3 Å². The van der Waals surface area contributed by atoms with Crippen molar-refractivity contribution in [3.8, 4) is 5.75 Å². The molecule has 0 bridgehead atoms. The number of carbonyl (C=O) groups is 1. The van der Waals surface area contributed by atoms with Crippen LogP contribution in [0.4, 0.5) is 0 Å². The number of aldehydes is 1. The van der Waals surface area contributed by atoms with Crippen LogP contribution in [0.25, 0.3) is 0 Å². The number of hydrogen-bond donors (Lipinski definition) is 1. The van der Waals surface area contributed by atoms with E-state index in [1.807, 2.05) is 0 Å². The quantitative estimate of drug-likeness (QED) is 0.399. The van der Waals surface area contributed by atoms with Crippen LogP contribution in [-0.2, 0) is 0 Å². The van der Waals surface area contributed by atoms with Crippen molar-refractivity contribution in [1.82, 2.24) is 0 Å². The normalized spacial score (nSPS) is 8.90. The minimum absolute atomic E-state index is 0.577. The first kappa shape index (κ1) is 7.15. The Morgan fingerprint density at radius 1 is 1.50 bits per heavy atom. The van der Waals surface area contributed by atoms with Crippen molar-refractivity contribution >= 4 is 19.2 Å². The summed E-state index contributed by atoms with van der Waals surface area (Å²) in [5.74, 6) is 0.577. The van der Waals surface area contributed by atoms with Gasteiger partial charge in [-0.15, -0.1) is 0 Å². The third-order valence-corrected chi connectivity index (χ3v) is 1.31. The van der Waals surface area contributed by atoms with Crippen molar-refractivity contribution in [3.05, 3.63) is 29.8 Å². The van der Waals surface area contributed by atoms with E-state index in [2.05, 4.69) is 17.1 Å². The standard InChI is InChI=1S/C7H6O2S/c8-5-6-2-1-3-7(4-6)9-10/h1-5,10H. The Balaban J connectivity index is 2.98. The summed E-state index contributed by atoms with van der Waals surface area (Å²) in [7, 11) is 0. The highest BCUT2D eigenvalue weighted by atomic mass is 32.1. The molecule has 0 spiro atoms. The zero-order valence-electron chi connectivity index (χ0n) is 5.15. The van der Waals surface area contributed by atoms with Gasteiger partial charge >= 0.3 is 0 Å². The number of benzene rings is 1. The number of thiol groups is 1. The lowest BCUT2D eigenvalue weighted by atomic mass is 10.2. The first-order valence-electron chi connectivity index (χ1n) is 2.73. The molecular formula is C7H6O2S. The largest absolute Gasteiger partial charge is 0.429 e. The average molecular weight is 154 g/mol. The van der Waals surface area contributed by atoms with E-state index in [4.69, 9.17) is 0 Å². The van der Waals surface area contributed by atoms with Gasteiger partial charge in [0, 0.05) is 18.5 Å². The van der Waals surface area contributed by atoms with Crippen molar-refractivity contribution in [2.24, 2.45) is 0 Å². The van der Waals surface area contributed by atoms with Crippen molar-refractivity contribution in [1.29, 1.82) is 0 Å². The number of rotatable bonds is 2. The third kappa shape index (κ3) is 1.51. The fourth-order valence-corrected chi connectivity index (χ4v) is 0.758. The fourth-order valence-electron chi connectivity index (χ4n) is 0.645. The first-order chi connectivity index (χ1) is 4.86. The molecule has 0 aliphatic rings. The minimum Gasteiger partial charge on any atom is -0.429 e. The summed E-state index contributed by atoms with van der Waals surface area (Å²) in [6, 6.07) is 6.76. The van der Waals surface area contributed by atoms with Crippen LogP contribution < -0.4 is 4.18 Å². The maximum absolute atomic E-state index is 10.2. The number of hydrogen-bond acceptors (Lipinski definition) is 3. The van der Waals surface area contributed by atoms with Gasteiger partial charge in [-0.1, -0.05) is 12.1 Å².